The molecule has 4 aromatic carbocycles. The van der Waals surface area contributed by atoms with E-state index in [9.17, 15) is 14.0 Å². The van der Waals surface area contributed by atoms with Crippen LogP contribution in [0.1, 0.15) is 16.7 Å². The molecule has 0 atom stereocenters. The minimum absolute atomic E-state index is 0.0729. The lowest BCUT2D eigenvalue weighted by Crippen LogP contribution is -2.30. The first kappa shape index (κ1) is 24.0. The van der Waals surface area contributed by atoms with Crippen LogP contribution < -0.4 is 10.1 Å². The van der Waals surface area contributed by atoms with Crippen molar-refractivity contribution < 1.29 is 18.7 Å². The molecule has 1 aliphatic rings. The zero-order valence-electron chi connectivity index (χ0n) is 18.8. The number of ether oxygens (including phenoxy) is 1. The van der Waals surface area contributed by atoms with Crippen molar-refractivity contribution in [1.82, 2.24) is 10.2 Å². The Bertz CT molecular complexity index is 1510. The third-order valence-electron chi connectivity index (χ3n) is 5.83. The lowest BCUT2D eigenvalue weighted by molar-refractivity contribution is -0.123. The molecule has 0 aliphatic carbocycles. The summed E-state index contributed by atoms with van der Waals surface area (Å²) < 4.78 is 20.6. The molecule has 4 aromatic rings. The van der Waals surface area contributed by atoms with Crippen LogP contribution in [-0.4, -0.2) is 16.8 Å². The van der Waals surface area contributed by atoms with E-state index in [4.69, 9.17) is 16.3 Å². The Hall–Kier alpha value is -3.68. The predicted octanol–water partition coefficient (Wildman–Crippen LogP) is 7.07. The average molecular weight is 566 g/mol. The molecule has 0 radical (unpaired) electrons. The number of hydrogen-bond donors (Lipinski definition) is 1. The van der Waals surface area contributed by atoms with Crippen LogP contribution in [-0.2, 0) is 17.9 Å². The van der Waals surface area contributed by atoms with E-state index >= 15 is 0 Å². The Balaban J connectivity index is 1.34. The largest absolute Gasteiger partial charge is 0.486 e. The maximum absolute atomic E-state index is 14.0. The first-order valence-corrected chi connectivity index (χ1v) is 12.2. The molecule has 0 spiro atoms. The number of urea groups is 1. The van der Waals surface area contributed by atoms with Gasteiger partial charge in [-0.1, -0.05) is 72.3 Å². The normalized spacial score (nSPS) is 14.5. The molecule has 1 heterocycles. The molecule has 180 valence electrons. The number of nitrogens with one attached hydrogen (secondary N) is 1. The van der Waals surface area contributed by atoms with Gasteiger partial charge in [-0.2, -0.15) is 0 Å². The fourth-order valence-corrected chi connectivity index (χ4v) is 5.04. The van der Waals surface area contributed by atoms with Crippen LogP contribution in [0.5, 0.6) is 5.75 Å². The van der Waals surface area contributed by atoms with E-state index in [2.05, 4.69) is 21.2 Å². The standard InChI is InChI=1S/C28H19BrClFN2O3/c29-22-12-17(14-25-27(34)33(28(35)32-25)15-19-7-2-4-11-24(19)31)13-23(30)26(22)36-16-20-9-5-8-18-6-1-3-10-21(18)20/h1-14H,15-16H2,(H,32,35)/b25-14+. The van der Waals surface area contributed by atoms with Crippen LogP contribution >= 0.6 is 27.5 Å². The first-order valence-electron chi connectivity index (χ1n) is 11.1. The summed E-state index contributed by atoms with van der Waals surface area (Å²) in [6, 6.07) is 22.9. The fraction of sp³-hybridized carbons (Fsp3) is 0.0714. The summed E-state index contributed by atoms with van der Waals surface area (Å²) in [6.07, 6.45) is 1.52. The highest BCUT2D eigenvalue weighted by atomic mass is 79.9. The minimum atomic E-state index is -0.616. The second kappa shape index (κ2) is 10.1. The summed E-state index contributed by atoms with van der Waals surface area (Å²) in [5, 5.41) is 5.11. The topological polar surface area (TPSA) is 58.6 Å². The van der Waals surface area contributed by atoms with E-state index in [1.807, 2.05) is 42.5 Å². The van der Waals surface area contributed by atoms with Crippen molar-refractivity contribution >= 4 is 56.3 Å². The molecule has 36 heavy (non-hydrogen) atoms. The van der Waals surface area contributed by atoms with Gasteiger partial charge in [0.05, 0.1) is 16.0 Å². The lowest BCUT2D eigenvalue weighted by atomic mass is 10.1. The smallest absolute Gasteiger partial charge is 0.329 e. The van der Waals surface area contributed by atoms with Gasteiger partial charge in [0, 0.05) is 5.56 Å². The van der Waals surface area contributed by atoms with Crippen molar-refractivity contribution in [2.45, 2.75) is 13.2 Å². The molecule has 5 nitrogen and oxygen atoms in total. The Morgan fingerprint density at radius 2 is 1.69 bits per heavy atom. The monoisotopic (exact) mass is 564 g/mol. The molecule has 8 heteroatoms. The second-order valence-corrected chi connectivity index (χ2v) is 9.47. The molecule has 0 aromatic heterocycles. The Labute approximate surface area is 220 Å². The van der Waals surface area contributed by atoms with Crippen molar-refractivity contribution in [3.63, 3.8) is 0 Å². The van der Waals surface area contributed by atoms with Crippen LogP contribution in [0, 0.1) is 5.82 Å². The van der Waals surface area contributed by atoms with E-state index in [0.29, 0.717) is 27.4 Å². The van der Waals surface area contributed by atoms with Crippen LogP contribution in [0.3, 0.4) is 0 Å². The molecule has 1 aliphatic heterocycles. The summed E-state index contributed by atoms with van der Waals surface area (Å²) in [7, 11) is 0. The van der Waals surface area contributed by atoms with E-state index in [-0.39, 0.29) is 17.8 Å². The van der Waals surface area contributed by atoms with Gasteiger partial charge < -0.3 is 10.1 Å². The number of hydrogen-bond acceptors (Lipinski definition) is 3. The predicted molar refractivity (Wildman–Crippen MR) is 141 cm³/mol. The molecular weight excluding hydrogens is 547 g/mol. The number of carbonyl (C=O) groups is 2. The van der Waals surface area contributed by atoms with Crippen LogP contribution in [0.4, 0.5) is 9.18 Å². The number of carbonyl (C=O) groups excluding carboxylic acids is 2. The zero-order valence-corrected chi connectivity index (χ0v) is 21.1. The number of halogens is 3. The molecule has 0 bridgehead atoms. The number of nitrogens with zero attached hydrogens (tertiary/aromatic N) is 1. The summed E-state index contributed by atoms with van der Waals surface area (Å²) in [5.74, 6) is -0.563. The van der Waals surface area contributed by atoms with Gasteiger partial charge in [0.25, 0.3) is 5.91 Å². The lowest BCUT2D eigenvalue weighted by Gasteiger charge is -2.13. The zero-order chi connectivity index (χ0) is 25.2. The van der Waals surface area contributed by atoms with E-state index < -0.39 is 17.8 Å². The number of fused-ring (bicyclic) bond motifs is 1. The number of amides is 3. The van der Waals surface area contributed by atoms with Gasteiger partial charge in [0.15, 0.2) is 5.75 Å². The fourth-order valence-electron chi connectivity index (χ4n) is 4.05. The van der Waals surface area contributed by atoms with Crippen LogP contribution in [0.25, 0.3) is 16.8 Å². The van der Waals surface area contributed by atoms with Crippen molar-refractivity contribution in [2.75, 3.05) is 0 Å². The van der Waals surface area contributed by atoms with Gasteiger partial charge in [-0.3, -0.25) is 9.69 Å². The van der Waals surface area contributed by atoms with Crippen molar-refractivity contribution in [3.8, 4) is 5.75 Å². The molecular formula is C28H19BrClFN2O3. The molecule has 1 fully saturated rings. The van der Waals surface area contributed by atoms with E-state index in [1.54, 1.807) is 24.3 Å². The number of rotatable bonds is 6. The molecule has 3 amide bonds. The van der Waals surface area contributed by atoms with Gasteiger partial charge in [-0.15, -0.1) is 0 Å². The Kier molecular flexibility index (Phi) is 6.76. The Morgan fingerprint density at radius 1 is 0.972 bits per heavy atom. The highest BCUT2D eigenvalue weighted by Crippen LogP contribution is 2.36. The minimum Gasteiger partial charge on any atom is -0.486 e. The summed E-state index contributed by atoms with van der Waals surface area (Å²) in [5.41, 5.74) is 1.93. The van der Waals surface area contributed by atoms with Gasteiger partial charge in [0.2, 0.25) is 0 Å². The van der Waals surface area contributed by atoms with Gasteiger partial charge in [-0.05, 0) is 62.1 Å². The van der Waals surface area contributed by atoms with Crippen molar-refractivity contribution in [1.29, 1.82) is 0 Å². The maximum Gasteiger partial charge on any atom is 0.329 e. The molecule has 5 rings (SSSR count). The molecule has 0 unspecified atom stereocenters. The van der Waals surface area contributed by atoms with Gasteiger partial charge >= 0.3 is 6.03 Å². The van der Waals surface area contributed by atoms with E-state index in [0.717, 1.165) is 21.2 Å². The van der Waals surface area contributed by atoms with Crippen molar-refractivity contribution in [2.24, 2.45) is 0 Å². The summed E-state index contributed by atoms with van der Waals surface area (Å²) in [6.45, 7) is 0.153. The highest BCUT2D eigenvalue weighted by Gasteiger charge is 2.34. The second-order valence-electron chi connectivity index (χ2n) is 8.21. The van der Waals surface area contributed by atoms with Gasteiger partial charge in [0.1, 0.15) is 18.1 Å². The van der Waals surface area contributed by atoms with Gasteiger partial charge in [-0.25, -0.2) is 9.18 Å². The molecule has 1 N–H and O–H groups in total. The Morgan fingerprint density at radius 3 is 2.50 bits per heavy atom. The molecule has 1 saturated heterocycles. The summed E-state index contributed by atoms with van der Waals surface area (Å²) in [4.78, 5) is 26.2. The van der Waals surface area contributed by atoms with Crippen molar-refractivity contribution in [3.05, 3.63) is 117 Å². The molecule has 0 saturated carbocycles. The summed E-state index contributed by atoms with van der Waals surface area (Å²) >= 11 is 10.0. The maximum atomic E-state index is 14.0. The number of imide groups is 1. The van der Waals surface area contributed by atoms with E-state index in [1.165, 1.54) is 18.2 Å². The quantitative estimate of drug-likeness (QED) is 0.201. The third-order valence-corrected chi connectivity index (χ3v) is 6.70. The van der Waals surface area contributed by atoms with Crippen LogP contribution in [0.15, 0.2) is 89.0 Å². The average Bonchev–Trinajstić information content (AvgIpc) is 3.12. The SMILES string of the molecule is O=C1N/C(=C/c2cc(Cl)c(OCc3cccc4ccccc34)c(Br)c2)C(=O)N1Cc1ccccc1F. The number of benzene rings is 4. The first-order chi connectivity index (χ1) is 17.4. The highest BCUT2D eigenvalue weighted by molar-refractivity contribution is 9.10. The van der Waals surface area contributed by atoms with Crippen LogP contribution in [0.2, 0.25) is 5.02 Å². The third kappa shape index (κ3) is 4.85.